The number of hydrogen-bond acceptors (Lipinski definition) is 4. The molecule has 0 unspecified atom stereocenters. The van der Waals surface area contributed by atoms with Gasteiger partial charge in [-0.15, -0.1) is 0 Å². The summed E-state index contributed by atoms with van der Waals surface area (Å²) in [6.07, 6.45) is 0. The quantitative estimate of drug-likeness (QED) is 0.401. The fourth-order valence-electron chi connectivity index (χ4n) is 0.0563. The third-order valence-electron chi connectivity index (χ3n) is 0.212. The summed E-state index contributed by atoms with van der Waals surface area (Å²) in [5, 5.41) is 15.3. The average Bonchev–Trinajstić information content (AvgIpc) is 1.35. The molecule has 0 saturated carbocycles. The lowest BCUT2D eigenvalue weighted by Gasteiger charge is -1.89. The van der Waals surface area contributed by atoms with E-state index in [2.05, 4.69) is 4.65 Å². The second-order valence-electron chi connectivity index (χ2n) is 0.602. The summed E-state index contributed by atoms with van der Waals surface area (Å²) in [5.74, 6) is 0. The van der Waals surface area contributed by atoms with Crippen molar-refractivity contribution in [3.8, 4) is 0 Å². The molecule has 4 nitrogen and oxygen atoms in total. The lowest BCUT2D eigenvalue weighted by atomic mass is 10.3. The minimum atomic E-state index is -1.98. The standard InChI is InChI=1S/CH4BFO3.H3N/c3-1-6-2(4)5;/h4-5H,1H2;1H3. The monoisotopic (exact) mass is 111 g/mol. The third-order valence-corrected chi connectivity index (χ3v) is 0.212. The first kappa shape index (κ1) is 9.95. The smallest absolute Gasteiger partial charge is 0.402 e. The molecule has 0 radical (unpaired) electrons. The van der Waals surface area contributed by atoms with Gasteiger partial charge in [0.2, 0.25) is 0 Å². The van der Waals surface area contributed by atoms with Crippen LogP contribution in [0.2, 0.25) is 0 Å². The molecule has 0 aromatic heterocycles. The largest absolute Gasteiger partial charge is 0.635 e. The molecule has 0 saturated heterocycles. The van der Waals surface area contributed by atoms with Gasteiger partial charge in [0.1, 0.15) is 0 Å². The van der Waals surface area contributed by atoms with Gasteiger partial charge in [0.05, 0.1) is 0 Å². The number of halogens is 1. The molecule has 0 aliphatic rings. The minimum Gasteiger partial charge on any atom is -0.402 e. The van der Waals surface area contributed by atoms with Crippen LogP contribution in [0.5, 0.6) is 0 Å². The fourth-order valence-corrected chi connectivity index (χ4v) is 0.0563. The Kier molecular flexibility index (Phi) is 8.30. The van der Waals surface area contributed by atoms with Crippen LogP contribution in [-0.4, -0.2) is 24.2 Å². The molecule has 6 heteroatoms. The molecule has 0 fully saturated rings. The van der Waals surface area contributed by atoms with E-state index in [1.165, 1.54) is 0 Å². The highest BCUT2D eigenvalue weighted by molar-refractivity contribution is 6.32. The van der Waals surface area contributed by atoms with E-state index in [1.54, 1.807) is 0 Å². The Morgan fingerprint density at radius 2 is 2.00 bits per heavy atom. The first-order valence-electron chi connectivity index (χ1n) is 1.31. The van der Waals surface area contributed by atoms with Gasteiger partial charge in [-0.2, -0.15) is 0 Å². The van der Waals surface area contributed by atoms with Crippen molar-refractivity contribution in [3.63, 3.8) is 0 Å². The number of alkyl halides is 1. The molecule has 0 aliphatic carbocycles. The Hall–Kier alpha value is -0.165. The van der Waals surface area contributed by atoms with Gasteiger partial charge >= 0.3 is 7.32 Å². The van der Waals surface area contributed by atoms with Crippen LogP contribution >= 0.6 is 0 Å². The summed E-state index contributed by atoms with van der Waals surface area (Å²) in [6.45, 7) is -1.17. The molecule has 0 spiro atoms. The highest BCUT2D eigenvalue weighted by Gasteiger charge is 2.04. The Bertz CT molecular complexity index is 36.1. The molecule has 44 valence electrons. The molecular weight excluding hydrogens is 104 g/mol. The minimum absolute atomic E-state index is 0. The van der Waals surface area contributed by atoms with Gasteiger partial charge in [-0.1, -0.05) is 0 Å². The maximum Gasteiger partial charge on any atom is 0.635 e. The molecule has 0 aliphatic heterocycles. The van der Waals surface area contributed by atoms with Crippen molar-refractivity contribution in [1.29, 1.82) is 0 Å². The van der Waals surface area contributed by atoms with Crippen molar-refractivity contribution >= 4 is 7.32 Å². The second kappa shape index (κ2) is 5.83. The van der Waals surface area contributed by atoms with Gasteiger partial charge in [0, 0.05) is 0 Å². The van der Waals surface area contributed by atoms with Crippen LogP contribution in [0.4, 0.5) is 4.39 Å². The highest BCUT2D eigenvalue weighted by Crippen LogP contribution is 1.72. The molecule has 5 N–H and O–H groups in total. The van der Waals surface area contributed by atoms with Crippen LogP contribution in [-0.2, 0) is 4.65 Å². The van der Waals surface area contributed by atoms with Gasteiger partial charge in [0.25, 0.3) is 0 Å². The van der Waals surface area contributed by atoms with Crippen LogP contribution in [0.3, 0.4) is 0 Å². The SMILES string of the molecule is N.OB(O)OCF. The van der Waals surface area contributed by atoms with E-state index >= 15 is 0 Å². The Balaban J connectivity index is 0. The summed E-state index contributed by atoms with van der Waals surface area (Å²) in [7, 11) is -1.98. The Morgan fingerprint density at radius 1 is 1.57 bits per heavy atom. The molecule has 0 bridgehead atoms. The van der Waals surface area contributed by atoms with Gasteiger partial charge in [-0.05, 0) is 0 Å². The normalized spacial score (nSPS) is 7.29. The predicted octanol–water partition coefficient (Wildman–Crippen LogP) is -0.939. The first-order chi connectivity index (χ1) is 2.77. The predicted molar refractivity (Wildman–Crippen MR) is 22.3 cm³/mol. The van der Waals surface area contributed by atoms with E-state index in [9.17, 15) is 4.39 Å². The molecule has 0 heterocycles. The van der Waals surface area contributed by atoms with Crippen molar-refractivity contribution in [2.75, 3.05) is 6.86 Å². The summed E-state index contributed by atoms with van der Waals surface area (Å²) in [6, 6.07) is 0. The Morgan fingerprint density at radius 3 is 2.00 bits per heavy atom. The van der Waals surface area contributed by atoms with E-state index in [0.29, 0.717) is 0 Å². The average molecular weight is 111 g/mol. The van der Waals surface area contributed by atoms with Crippen LogP contribution in [0, 0.1) is 0 Å². The molecule has 0 rings (SSSR count). The van der Waals surface area contributed by atoms with E-state index in [1.807, 2.05) is 0 Å². The zero-order valence-corrected chi connectivity index (χ0v) is 3.67. The van der Waals surface area contributed by atoms with E-state index in [-0.39, 0.29) is 6.15 Å². The van der Waals surface area contributed by atoms with Crippen molar-refractivity contribution in [2.45, 2.75) is 0 Å². The van der Waals surface area contributed by atoms with Crippen molar-refractivity contribution in [3.05, 3.63) is 0 Å². The lowest BCUT2D eigenvalue weighted by molar-refractivity contribution is 0.117. The maximum atomic E-state index is 10.7. The van der Waals surface area contributed by atoms with Crippen molar-refractivity contribution in [2.24, 2.45) is 0 Å². The topological polar surface area (TPSA) is 84.7 Å². The van der Waals surface area contributed by atoms with Gasteiger partial charge < -0.3 is 20.9 Å². The zero-order valence-electron chi connectivity index (χ0n) is 3.67. The molecule has 0 atom stereocenters. The third kappa shape index (κ3) is 10.7. The molecule has 0 aromatic rings. The van der Waals surface area contributed by atoms with Crippen LogP contribution in [0.25, 0.3) is 0 Å². The summed E-state index contributed by atoms with van der Waals surface area (Å²) < 4.78 is 14.2. The van der Waals surface area contributed by atoms with Gasteiger partial charge in [-0.3, -0.25) is 0 Å². The molecule has 7 heavy (non-hydrogen) atoms. The van der Waals surface area contributed by atoms with Gasteiger partial charge in [-0.25, -0.2) is 4.39 Å². The van der Waals surface area contributed by atoms with E-state index in [4.69, 9.17) is 10.0 Å². The van der Waals surface area contributed by atoms with E-state index in [0.717, 1.165) is 0 Å². The maximum absolute atomic E-state index is 10.7. The fraction of sp³-hybridized carbons (Fsp3) is 1.00. The second-order valence-corrected chi connectivity index (χ2v) is 0.602. The summed E-state index contributed by atoms with van der Waals surface area (Å²) in [5.41, 5.74) is 0. The molecule has 0 aromatic carbocycles. The summed E-state index contributed by atoms with van der Waals surface area (Å²) >= 11 is 0. The summed E-state index contributed by atoms with van der Waals surface area (Å²) in [4.78, 5) is 0. The lowest BCUT2D eigenvalue weighted by Crippen LogP contribution is -2.15. The molecular formula is CH7BFNO3. The van der Waals surface area contributed by atoms with Crippen LogP contribution < -0.4 is 6.15 Å². The highest BCUT2D eigenvalue weighted by atomic mass is 19.1. The van der Waals surface area contributed by atoms with Crippen LogP contribution in [0.15, 0.2) is 0 Å². The molecule has 0 amide bonds. The van der Waals surface area contributed by atoms with Gasteiger partial charge in [0.15, 0.2) is 6.86 Å². The van der Waals surface area contributed by atoms with Crippen molar-refractivity contribution in [1.82, 2.24) is 6.15 Å². The number of rotatable bonds is 2. The van der Waals surface area contributed by atoms with Crippen molar-refractivity contribution < 1.29 is 19.1 Å². The van der Waals surface area contributed by atoms with Crippen LogP contribution in [0.1, 0.15) is 0 Å². The number of hydrogen-bond donors (Lipinski definition) is 3. The zero-order chi connectivity index (χ0) is 4.99. The first-order valence-corrected chi connectivity index (χ1v) is 1.31. The Labute approximate surface area is 40.7 Å². The van der Waals surface area contributed by atoms with E-state index < -0.39 is 14.2 Å².